The lowest BCUT2D eigenvalue weighted by molar-refractivity contribution is -0.120. The number of alkyl halides is 1. The number of hydrogen-bond donors (Lipinski definition) is 1. The summed E-state index contributed by atoms with van der Waals surface area (Å²) in [6, 6.07) is 12.2. The topological polar surface area (TPSA) is 41.5 Å². The summed E-state index contributed by atoms with van der Waals surface area (Å²) >= 11 is 9.25. The van der Waals surface area contributed by atoms with E-state index in [1.165, 1.54) is 0 Å². The van der Waals surface area contributed by atoms with Gasteiger partial charge in [0, 0.05) is 20.6 Å². The molecule has 3 rings (SSSR count). The highest BCUT2D eigenvalue weighted by atomic mass is 79.9. The third-order valence-electron chi connectivity index (χ3n) is 3.07. The Morgan fingerprint density at radius 2 is 1.90 bits per heavy atom. The largest absolute Gasteiger partial charge is 0.321 e. The second-order valence-electron chi connectivity index (χ2n) is 4.50. The summed E-state index contributed by atoms with van der Waals surface area (Å²) in [7, 11) is 0. The Bertz CT molecular complexity index is 746. The van der Waals surface area contributed by atoms with Gasteiger partial charge in [-0.2, -0.15) is 0 Å². The number of carbonyl (C=O) groups is 1. The van der Waals surface area contributed by atoms with Gasteiger partial charge in [-0.3, -0.25) is 4.79 Å². The number of nitrogens with zero attached hydrogens (tertiary/aromatic N) is 1. The molecule has 1 heterocycles. The second kappa shape index (κ2) is 5.58. The van der Waals surface area contributed by atoms with Gasteiger partial charge < -0.3 is 5.32 Å². The Kier molecular flexibility index (Phi) is 3.78. The molecule has 0 spiro atoms. The fourth-order valence-corrected chi connectivity index (χ4v) is 2.58. The molecule has 21 heavy (non-hydrogen) atoms. The number of amides is 1. The van der Waals surface area contributed by atoms with E-state index in [2.05, 4.69) is 26.2 Å². The average molecular weight is 368 g/mol. The molecule has 2 aromatic rings. The van der Waals surface area contributed by atoms with Crippen molar-refractivity contribution in [1.29, 1.82) is 0 Å². The molecule has 1 aliphatic rings. The lowest BCUT2D eigenvalue weighted by Crippen LogP contribution is -2.21. The second-order valence-corrected chi connectivity index (χ2v) is 5.85. The lowest BCUT2D eigenvalue weighted by Gasteiger charge is -2.10. The van der Waals surface area contributed by atoms with Gasteiger partial charge in [-0.15, -0.1) is 0 Å². The zero-order valence-electron chi connectivity index (χ0n) is 10.6. The maximum atomic E-state index is 13.9. The number of halogens is 3. The number of aliphatic imine (C=N–C) groups is 1. The molecule has 0 aliphatic carbocycles. The fourth-order valence-electron chi connectivity index (χ4n) is 2.09. The minimum absolute atomic E-state index is 0.411. The van der Waals surface area contributed by atoms with Crippen LogP contribution in [0.4, 0.5) is 10.1 Å². The van der Waals surface area contributed by atoms with Crippen molar-refractivity contribution in [2.75, 3.05) is 5.32 Å². The van der Waals surface area contributed by atoms with E-state index in [1.54, 1.807) is 42.5 Å². The number of fused-ring (bicyclic) bond motifs is 1. The van der Waals surface area contributed by atoms with Crippen LogP contribution in [0, 0.1) is 0 Å². The summed E-state index contributed by atoms with van der Waals surface area (Å²) in [6.45, 7) is 0. The summed E-state index contributed by atoms with van der Waals surface area (Å²) in [4.78, 5) is 15.6. The molecule has 1 atom stereocenters. The van der Waals surface area contributed by atoms with Crippen molar-refractivity contribution in [2.45, 2.75) is 6.30 Å². The van der Waals surface area contributed by atoms with E-state index < -0.39 is 12.2 Å². The summed E-state index contributed by atoms with van der Waals surface area (Å²) < 4.78 is 14.7. The maximum Gasteiger partial charge on any atom is 0.281 e. The van der Waals surface area contributed by atoms with Gasteiger partial charge in [-0.25, -0.2) is 9.38 Å². The normalized spacial score (nSPS) is 17.6. The number of anilines is 1. The lowest BCUT2D eigenvalue weighted by atomic mass is 10.0. The molecule has 0 aromatic heterocycles. The SMILES string of the molecule is O=C1Nc2ccc(Br)cc2C(c2ccc(Cl)cc2)=NC1F. The Balaban J connectivity index is 2.21. The van der Waals surface area contributed by atoms with Crippen LogP contribution in [-0.2, 0) is 4.79 Å². The van der Waals surface area contributed by atoms with Gasteiger partial charge in [0.05, 0.1) is 11.4 Å². The monoisotopic (exact) mass is 366 g/mol. The highest BCUT2D eigenvalue weighted by molar-refractivity contribution is 9.10. The van der Waals surface area contributed by atoms with E-state index in [0.717, 1.165) is 4.47 Å². The number of benzene rings is 2. The van der Waals surface area contributed by atoms with Crippen molar-refractivity contribution in [3.63, 3.8) is 0 Å². The Hall–Kier alpha value is -1.72. The van der Waals surface area contributed by atoms with Gasteiger partial charge in [-0.1, -0.05) is 39.7 Å². The van der Waals surface area contributed by atoms with Gasteiger partial charge in [0.2, 0.25) is 0 Å². The number of carbonyl (C=O) groups excluding carboxylic acids is 1. The number of benzodiazepines with no additional fused rings is 1. The van der Waals surface area contributed by atoms with Gasteiger partial charge in [0.15, 0.2) is 0 Å². The molecule has 106 valence electrons. The van der Waals surface area contributed by atoms with Crippen LogP contribution in [0.25, 0.3) is 0 Å². The predicted octanol–water partition coefficient (Wildman–Crippen LogP) is 4.19. The van der Waals surface area contributed by atoms with Gasteiger partial charge >= 0.3 is 0 Å². The number of nitrogens with one attached hydrogen (secondary N) is 1. The van der Waals surface area contributed by atoms with Crippen LogP contribution in [0.15, 0.2) is 51.9 Å². The molecule has 1 aliphatic heterocycles. The van der Waals surface area contributed by atoms with E-state index in [9.17, 15) is 9.18 Å². The zero-order valence-corrected chi connectivity index (χ0v) is 13.0. The molecule has 1 N–H and O–H groups in total. The first-order chi connectivity index (χ1) is 10.0. The van der Waals surface area contributed by atoms with Gasteiger partial charge in [-0.05, 0) is 30.3 Å². The molecule has 0 bridgehead atoms. The summed E-state index contributed by atoms with van der Waals surface area (Å²) in [5.74, 6) is -0.775. The van der Waals surface area contributed by atoms with Crippen molar-refractivity contribution in [1.82, 2.24) is 0 Å². The number of rotatable bonds is 1. The first-order valence-electron chi connectivity index (χ1n) is 6.13. The highest BCUT2D eigenvalue weighted by Gasteiger charge is 2.25. The molecule has 0 fully saturated rings. The third kappa shape index (κ3) is 2.84. The standard InChI is InChI=1S/C15H9BrClFN2O/c16-9-3-6-12-11(7-9)13(20-14(18)15(21)19-12)8-1-4-10(17)5-2-8/h1-7,14H,(H,19,21). The average Bonchev–Trinajstić information content (AvgIpc) is 2.58. The molecule has 0 radical (unpaired) electrons. The first kappa shape index (κ1) is 14.2. The zero-order chi connectivity index (χ0) is 15.0. The highest BCUT2D eigenvalue weighted by Crippen LogP contribution is 2.28. The van der Waals surface area contributed by atoms with Crippen LogP contribution in [0.3, 0.4) is 0 Å². The Labute approximate surface area is 134 Å². The van der Waals surface area contributed by atoms with E-state index in [0.29, 0.717) is 27.5 Å². The van der Waals surface area contributed by atoms with Crippen LogP contribution in [-0.4, -0.2) is 17.9 Å². The van der Waals surface area contributed by atoms with Crippen molar-refractivity contribution in [3.8, 4) is 0 Å². The van der Waals surface area contributed by atoms with Crippen molar-refractivity contribution in [2.24, 2.45) is 4.99 Å². The van der Waals surface area contributed by atoms with Crippen LogP contribution in [0.5, 0.6) is 0 Å². The third-order valence-corrected chi connectivity index (χ3v) is 3.82. The molecule has 2 aromatic carbocycles. The minimum Gasteiger partial charge on any atom is -0.321 e. The van der Waals surface area contributed by atoms with Crippen LogP contribution < -0.4 is 5.32 Å². The molecular weight excluding hydrogens is 359 g/mol. The summed E-state index contributed by atoms with van der Waals surface area (Å²) in [5, 5.41) is 3.11. The van der Waals surface area contributed by atoms with E-state index >= 15 is 0 Å². The van der Waals surface area contributed by atoms with Crippen molar-refractivity contribution in [3.05, 3.63) is 63.1 Å². The smallest absolute Gasteiger partial charge is 0.281 e. The number of hydrogen-bond acceptors (Lipinski definition) is 2. The molecule has 1 amide bonds. The summed E-state index contributed by atoms with van der Waals surface area (Å²) in [6.07, 6.45) is -1.94. The molecular formula is C15H9BrClFN2O. The first-order valence-corrected chi connectivity index (χ1v) is 7.30. The molecule has 3 nitrogen and oxygen atoms in total. The van der Waals surface area contributed by atoms with Gasteiger partial charge in [0.1, 0.15) is 0 Å². The maximum absolute atomic E-state index is 13.9. The van der Waals surface area contributed by atoms with Crippen LogP contribution in [0.1, 0.15) is 11.1 Å². The Morgan fingerprint density at radius 3 is 2.62 bits per heavy atom. The Morgan fingerprint density at radius 1 is 1.19 bits per heavy atom. The van der Waals surface area contributed by atoms with Crippen LogP contribution in [0.2, 0.25) is 5.02 Å². The van der Waals surface area contributed by atoms with Crippen LogP contribution >= 0.6 is 27.5 Å². The van der Waals surface area contributed by atoms with E-state index in [4.69, 9.17) is 11.6 Å². The van der Waals surface area contributed by atoms with E-state index in [1.807, 2.05) is 0 Å². The van der Waals surface area contributed by atoms with E-state index in [-0.39, 0.29) is 0 Å². The van der Waals surface area contributed by atoms with Gasteiger partial charge in [0.25, 0.3) is 12.2 Å². The molecule has 6 heteroatoms. The fraction of sp³-hybridized carbons (Fsp3) is 0.0667. The summed E-state index contributed by atoms with van der Waals surface area (Å²) in [5.41, 5.74) is 2.28. The van der Waals surface area contributed by atoms with Crippen molar-refractivity contribution >= 4 is 44.8 Å². The minimum atomic E-state index is -1.94. The molecule has 0 saturated carbocycles. The quantitative estimate of drug-likeness (QED) is 0.755. The predicted molar refractivity (Wildman–Crippen MR) is 84.8 cm³/mol. The van der Waals surface area contributed by atoms with Crippen molar-refractivity contribution < 1.29 is 9.18 Å². The molecule has 1 unspecified atom stereocenters. The molecule has 0 saturated heterocycles.